The molecule has 0 aliphatic carbocycles. The smallest absolute Gasteiger partial charge is 0.193 e. The number of rotatable bonds is 7. The molecule has 1 atom stereocenters. The van der Waals surface area contributed by atoms with Gasteiger partial charge in [0.2, 0.25) is 0 Å². The van der Waals surface area contributed by atoms with Gasteiger partial charge in [0.15, 0.2) is 5.96 Å². The molecule has 0 aromatic heterocycles. The first-order valence-corrected chi connectivity index (χ1v) is 10.2. The highest BCUT2D eigenvalue weighted by Gasteiger charge is 2.19. The fraction of sp³-hybridized carbons (Fsp3) is 0.667. The average molecular weight is 502 g/mol. The minimum atomic E-state index is 0. The lowest BCUT2D eigenvalue weighted by Crippen LogP contribution is -2.41. The average Bonchev–Trinajstić information content (AvgIpc) is 3.20. The van der Waals surface area contributed by atoms with Crippen molar-refractivity contribution in [1.29, 1.82) is 0 Å². The van der Waals surface area contributed by atoms with Crippen LogP contribution in [0.3, 0.4) is 0 Å². The van der Waals surface area contributed by atoms with Crippen molar-refractivity contribution in [2.75, 3.05) is 59.7 Å². The van der Waals surface area contributed by atoms with E-state index in [1.165, 1.54) is 11.1 Å². The molecule has 28 heavy (non-hydrogen) atoms. The molecule has 0 spiro atoms. The van der Waals surface area contributed by atoms with Gasteiger partial charge in [-0.2, -0.15) is 0 Å². The van der Waals surface area contributed by atoms with Crippen LogP contribution in [0.25, 0.3) is 0 Å². The molecule has 0 saturated carbocycles. The molecule has 158 valence electrons. The van der Waals surface area contributed by atoms with Crippen LogP contribution in [0.15, 0.2) is 29.3 Å². The normalized spacial score (nSPS) is 20.6. The number of morpholine rings is 1. The summed E-state index contributed by atoms with van der Waals surface area (Å²) >= 11 is 0. The maximum atomic E-state index is 5.50. The Bertz CT molecular complexity index is 585. The van der Waals surface area contributed by atoms with Gasteiger partial charge in [-0.25, -0.2) is 4.99 Å². The van der Waals surface area contributed by atoms with Gasteiger partial charge >= 0.3 is 0 Å². The third kappa shape index (κ3) is 7.50. The van der Waals surface area contributed by atoms with E-state index in [2.05, 4.69) is 53.4 Å². The number of aliphatic imine (C=N–C) groups is 1. The Morgan fingerprint density at radius 2 is 1.86 bits per heavy atom. The molecule has 1 aromatic rings. The topological polar surface area (TPSA) is 49.3 Å². The minimum Gasteiger partial charge on any atom is -0.381 e. The van der Waals surface area contributed by atoms with Gasteiger partial charge in [-0.05, 0) is 24.5 Å². The van der Waals surface area contributed by atoms with Crippen molar-refractivity contribution in [3.63, 3.8) is 0 Å². The van der Waals surface area contributed by atoms with E-state index in [0.29, 0.717) is 12.5 Å². The summed E-state index contributed by atoms with van der Waals surface area (Å²) in [6.07, 6.45) is 1.15. The molecule has 7 heteroatoms. The summed E-state index contributed by atoms with van der Waals surface area (Å²) in [5.41, 5.74) is 2.60. The van der Waals surface area contributed by atoms with Gasteiger partial charge in [-0.1, -0.05) is 24.3 Å². The number of nitrogens with one attached hydrogen (secondary N) is 1. The van der Waals surface area contributed by atoms with Crippen LogP contribution >= 0.6 is 24.0 Å². The quantitative estimate of drug-likeness (QED) is 0.353. The number of hydrogen-bond donors (Lipinski definition) is 1. The Kier molecular flexibility index (Phi) is 10.5. The first-order valence-electron chi connectivity index (χ1n) is 10.2. The van der Waals surface area contributed by atoms with E-state index >= 15 is 0 Å². The highest BCUT2D eigenvalue weighted by molar-refractivity contribution is 14.0. The molecule has 1 N–H and O–H groups in total. The maximum Gasteiger partial charge on any atom is 0.193 e. The molecule has 2 heterocycles. The SMILES string of the molecule is CCNC(=NCc1ccc(CN2CCOCC2)cc1)N(C)CC1CCOC1.I. The first kappa shape index (κ1) is 23.4. The second-order valence-electron chi connectivity index (χ2n) is 7.49. The molecule has 2 aliphatic heterocycles. The molecule has 2 saturated heterocycles. The standard InChI is InChI=1S/C21H34N4O2.HI/c1-3-22-21(24(2)15-20-8-11-27-17-20)23-14-18-4-6-19(7-5-18)16-25-9-12-26-13-10-25;/h4-7,20H,3,8-17H2,1-2H3,(H,22,23);1H. The van der Waals surface area contributed by atoms with Crippen LogP contribution < -0.4 is 5.32 Å². The van der Waals surface area contributed by atoms with E-state index in [-0.39, 0.29) is 24.0 Å². The van der Waals surface area contributed by atoms with Crippen molar-refractivity contribution >= 4 is 29.9 Å². The summed E-state index contributed by atoms with van der Waals surface area (Å²) in [5, 5.41) is 3.41. The van der Waals surface area contributed by atoms with Crippen LogP contribution in [0.5, 0.6) is 0 Å². The van der Waals surface area contributed by atoms with E-state index in [9.17, 15) is 0 Å². The molecular formula is C21H35IN4O2. The molecule has 2 aliphatic rings. The summed E-state index contributed by atoms with van der Waals surface area (Å²) in [7, 11) is 2.12. The van der Waals surface area contributed by atoms with E-state index < -0.39 is 0 Å². The van der Waals surface area contributed by atoms with Crippen LogP contribution in [-0.2, 0) is 22.6 Å². The van der Waals surface area contributed by atoms with Gasteiger partial charge in [0.25, 0.3) is 0 Å². The molecule has 2 fully saturated rings. The Hall–Kier alpha value is -0.900. The van der Waals surface area contributed by atoms with E-state index in [1.807, 2.05) is 0 Å². The van der Waals surface area contributed by atoms with E-state index in [4.69, 9.17) is 14.5 Å². The summed E-state index contributed by atoms with van der Waals surface area (Å²) in [5.74, 6) is 1.58. The number of halogens is 1. The van der Waals surface area contributed by atoms with Crippen molar-refractivity contribution in [1.82, 2.24) is 15.1 Å². The predicted octanol–water partition coefficient (Wildman–Crippen LogP) is 2.57. The molecule has 1 aromatic carbocycles. The number of guanidine groups is 1. The monoisotopic (exact) mass is 502 g/mol. The highest BCUT2D eigenvalue weighted by Crippen LogP contribution is 2.14. The minimum absolute atomic E-state index is 0. The van der Waals surface area contributed by atoms with Crippen molar-refractivity contribution in [3.05, 3.63) is 35.4 Å². The number of benzene rings is 1. The molecule has 0 amide bonds. The van der Waals surface area contributed by atoms with Crippen LogP contribution in [-0.4, -0.2) is 75.4 Å². The number of nitrogens with zero attached hydrogens (tertiary/aromatic N) is 3. The van der Waals surface area contributed by atoms with Crippen LogP contribution in [0.1, 0.15) is 24.5 Å². The summed E-state index contributed by atoms with van der Waals surface area (Å²) in [6, 6.07) is 8.86. The second-order valence-corrected chi connectivity index (χ2v) is 7.49. The lowest BCUT2D eigenvalue weighted by molar-refractivity contribution is 0.0342. The largest absolute Gasteiger partial charge is 0.381 e. The zero-order chi connectivity index (χ0) is 18.9. The highest BCUT2D eigenvalue weighted by atomic mass is 127. The van der Waals surface area contributed by atoms with Gasteiger partial charge in [-0.15, -0.1) is 24.0 Å². The van der Waals surface area contributed by atoms with Gasteiger partial charge < -0.3 is 19.7 Å². The van der Waals surface area contributed by atoms with Crippen LogP contribution in [0, 0.1) is 5.92 Å². The van der Waals surface area contributed by atoms with Crippen LogP contribution in [0.2, 0.25) is 0 Å². The van der Waals surface area contributed by atoms with Crippen molar-refractivity contribution in [3.8, 4) is 0 Å². The molecule has 6 nitrogen and oxygen atoms in total. The summed E-state index contributed by atoms with van der Waals surface area (Å²) in [6.45, 7) is 11.2. The third-order valence-electron chi connectivity index (χ3n) is 5.20. The van der Waals surface area contributed by atoms with Gasteiger partial charge in [0, 0.05) is 52.3 Å². The summed E-state index contributed by atoms with van der Waals surface area (Å²) in [4.78, 5) is 9.51. The maximum absolute atomic E-state index is 5.50. The Balaban J connectivity index is 0.00000280. The lowest BCUT2D eigenvalue weighted by atomic mass is 10.1. The fourth-order valence-electron chi connectivity index (χ4n) is 3.60. The Morgan fingerprint density at radius 3 is 2.50 bits per heavy atom. The Labute approximate surface area is 186 Å². The van der Waals surface area contributed by atoms with E-state index in [1.54, 1.807) is 0 Å². The number of hydrogen-bond acceptors (Lipinski definition) is 4. The van der Waals surface area contributed by atoms with Crippen molar-refractivity contribution < 1.29 is 9.47 Å². The third-order valence-corrected chi connectivity index (χ3v) is 5.20. The lowest BCUT2D eigenvalue weighted by Gasteiger charge is -2.26. The molecule has 0 bridgehead atoms. The molecule has 1 unspecified atom stereocenters. The van der Waals surface area contributed by atoms with Crippen LogP contribution in [0.4, 0.5) is 0 Å². The molecular weight excluding hydrogens is 467 g/mol. The van der Waals surface area contributed by atoms with Crippen molar-refractivity contribution in [2.45, 2.75) is 26.4 Å². The fourth-order valence-corrected chi connectivity index (χ4v) is 3.60. The van der Waals surface area contributed by atoms with Gasteiger partial charge in [-0.3, -0.25) is 4.90 Å². The molecule has 0 radical (unpaired) electrons. The predicted molar refractivity (Wildman–Crippen MR) is 124 cm³/mol. The zero-order valence-electron chi connectivity index (χ0n) is 17.2. The van der Waals surface area contributed by atoms with Gasteiger partial charge in [0.1, 0.15) is 0 Å². The molecule has 3 rings (SSSR count). The second kappa shape index (κ2) is 12.6. The Morgan fingerprint density at radius 1 is 1.14 bits per heavy atom. The zero-order valence-corrected chi connectivity index (χ0v) is 19.6. The van der Waals surface area contributed by atoms with Gasteiger partial charge in [0.05, 0.1) is 26.4 Å². The summed E-state index contributed by atoms with van der Waals surface area (Å²) < 4.78 is 10.9. The number of ether oxygens (including phenoxy) is 2. The van der Waals surface area contributed by atoms with Crippen molar-refractivity contribution in [2.24, 2.45) is 10.9 Å². The van der Waals surface area contributed by atoms with E-state index in [0.717, 1.165) is 71.5 Å². The first-order chi connectivity index (χ1) is 13.2.